The fraction of sp³-hybridized carbons (Fsp3) is 0.938. The van der Waals surface area contributed by atoms with Crippen molar-refractivity contribution in [2.45, 2.75) is 63.8 Å². The maximum Gasteiger partial charge on any atom is 0.226 e. The highest BCUT2D eigenvalue weighted by molar-refractivity contribution is 5.82. The van der Waals surface area contributed by atoms with E-state index in [0.717, 1.165) is 18.4 Å². The van der Waals surface area contributed by atoms with Gasteiger partial charge in [-0.1, -0.05) is 32.1 Å². The number of hydrogen-bond acceptors (Lipinski definition) is 2. The quantitative estimate of drug-likeness (QED) is 0.848. The highest BCUT2D eigenvalue weighted by atomic mass is 16.2. The zero-order chi connectivity index (χ0) is 13.2. The molecule has 2 unspecified atom stereocenters. The fourth-order valence-corrected chi connectivity index (χ4v) is 4.55. The number of hydrogen-bond donors (Lipinski definition) is 1. The molecule has 0 saturated heterocycles. The zero-order valence-corrected chi connectivity index (χ0v) is 12.0. The molecule has 3 nitrogen and oxygen atoms in total. The van der Waals surface area contributed by atoms with E-state index in [1.165, 1.54) is 57.8 Å². The second kappa shape index (κ2) is 5.82. The van der Waals surface area contributed by atoms with Crippen LogP contribution >= 0.6 is 0 Å². The summed E-state index contributed by atoms with van der Waals surface area (Å²) in [5.41, 5.74) is 5.75. The Bertz CT molecular complexity index is 313. The maximum absolute atomic E-state index is 12.8. The molecule has 0 spiro atoms. The third-order valence-electron chi connectivity index (χ3n) is 5.61. The molecule has 3 rings (SSSR count). The predicted molar refractivity (Wildman–Crippen MR) is 76.6 cm³/mol. The molecule has 1 amide bonds. The van der Waals surface area contributed by atoms with Crippen LogP contribution in [0.4, 0.5) is 0 Å². The molecule has 108 valence electrons. The lowest BCUT2D eigenvalue weighted by Gasteiger charge is -2.34. The van der Waals surface area contributed by atoms with Gasteiger partial charge in [0.05, 0.1) is 0 Å². The van der Waals surface area contributed by atoms with E-state index in [1.807, 2.05) is 0 Å². The van der Waals surface area contributed by atoms with Crippen molar-refractivity contribution in [1.29, 1.82) is 0 Å². The molecule has 3 heteroatoms. The van der Waals surface area contributed by atoms with Crippen LogP contribution < -0.4 is 5.73 Å². The first-order chi connectivity index (χ1) is 9.33. The Labute approximate surface area is 116 Å². The lowest BCUT2D eigenvalue weighted by molar-refractivity contribution is -0.136. The first-order valence-corrected chi connectivity index (χ1v) is 8.33. The number of nitrogens with zero attached hydrogens (tertiary/aromatic N) is 1. The topological polar surface area (TPSA) is 46.3 Å². The first-order valence-electron chi connectivity index (χ1n) is 8.33. The number of fused-ring (bicyclic) bond motifs is 1. The summed E-state index contributed by atoms with van der Waals surface area (Å²) in [5.74, 6) is 2.28. The van der Waals surface area contributed by atoms with E-state index < -0.39 is 0 Å². The minimum atomic E-state index is 0.371. The summed E-state index contributed by atoms with van der Waals surface area (Å²) in [6.07, 6.45) is 11.6. The van der Waals surface area contributed by atoms with E-state index in [-0.39, 0.29) is 0 Å². The summed E-state index contributed by atoms with van der Waals surface area (Å²) in [5, 5.41) is 0. The molecule has 2 atom stereocenters. The van der Waals surface area contributed by atoms with Gasteiger partial charge in [-0.15, -0.1) is 0 Å². The molecule has 0 bridgehead atoms. The van der Waals surface area contributed by atoms with Gasteiger partial charge in [-0.3, -0.25) is 4.79 Å². The standard InChI is InChI=1S/C16H28N2O/c17-10-11-18(12-6-2-1-3-7-12)16(19)15-13-8-4-5-9-14(13)15/h12-15H,1-11,17H2. The molecule has 2 N–H and O–H groups in total. The number of nitrogens with two attached hydrogens (primary N) is 1. The Balaban J connectivity index is 1.64. The van der Waals surface area contributed by atoms with Gasteiger partial charge in [0.2, 0.25) is 5.91 Å². The molecular formula is C16H28N2O. The molecule has 3 aliphatic carbocycles. The van der Waals surface area contributed by atoms with Crippen LogP contribution in [0.3, 0.4) is 0 Å². The van der Waals surface area contributed by atoms with Crippen molar-refractivity contribution in [2.24, 2.45) is 23.5 Å². The molecule has 3 aliphatic rings. The van der Waals surface area contributed by atoms with Crippen LogP contribution in [-0.2, 0) is 4.79 Å². The maximum atomic E-state index is 12.8. The average Bonchev–Trinajstić information content (AvgIpc) is 3.19. The summed E-state index contributed by atoms with van der Waals surface area (Å²) >= 11 is 0. The van der Waals surface area contributed by atoms with Gasteiger partial charge < -0.3 is 10.6 Å². The van der Waals surface area contributed by atoms with Crippen molar-refractivity contribution in [1.82, 2.24) is 4.90 Å². The van der Waals surface area contributed by atoms with Crippen LogP contribution in [0.2, 0.25) is 0 Å². The van der Waals surface area contributed by atoms with Gasteiger partial charge in [0.1, 0.15) is 0 Å². The molecule has 0 aromatic carbocycles. The normalized spacial score (nSPS) is 34.7. The predicted octanol–water partition coefficient (Wildman–Crippen LogP) is 2.54. The van der Waals surface area contributed by atoms with E-state index in [9.17, 15) is 4.79 Å². The number of carbonyl (C=O) groups is 1. The number of amides is 1. The third kappa shape index (κ3) is 2.67. The van der Waals surface area contributed by atoms with Gasteiger partial charge in [-0.05, 0) is 37.5 Å². The lowest BCUT2D eigenvalue weighted by atomic mass is 9.93. The van der Waals surface area contributed by atoms with E-state index in [2.05, 4.69) is 4.90 Å². The molecule has 3 saturated carbocycles. The van der Waals surface area contributed by atoms with Gasteiger partial charge in [-0.2, -0.15) is 0 Å². The molecule has 0 aromatic rings. The molecule has 0 heterocycles. The van der Waals surface area contributed by atoms with Crippen molar-refractivity contribution in [3.63, 3.8) is 0 Å². The zero-order valence-electron chi connectivity index (χ0n) is 12.0. The van der Waals surface area contributed by atoms with Gasteiger partial charge in [0, 0.05) is 25.0 Å². The molecule has 19 heavy (non-hydrogen) atoms. The molecule has 0 aromatic heterocycles. The Morgan fingerprint density at radius 1 is 0.947 bits per heavy atom. The fourth-order valence-electron chi connectivity index (χ4n) is 4.55. The molecule has 0 aliphatic heterocycles. The lowest BCUT2D eigenvalue weighted by Crippen LogP contribution is -2.45. The number of rotatable bonds is 4. The summed E-state index contributed by atoms with van der Waals surface area (Å²) in [4.78, 5) is 15.0. The first kappa shape index (κ1) is 13.4. The van der Waals surface area contributed by atoms with Crippen LogP contribution in [-0.4, -0.2) is 29.9 Å². The summed E-state index contributed by atoms with van der Waals surface area (Å²) in [7, 11) is 0. The SMILES string of the molecule is NCCN(C(=O)C1C2CCCCC21)C1CCCCC1. The third-order valence-corrected chi connectivity index (χ3v) is 5.61. The van der Waals surface area contributed by atoms with Crippen molar-refractivity contribution in [3.8, 4) is 0 Å². The molecule has 3 fully saturated rings. The largest absolute Gasteiger partial charge is 0.338 e. The van der Waals surface area contributed by atoms with Gasteiger partial charge >= 0.3 is 0 Å². The summed E-state index contributed by atoms with van der Waals surface area (Å²) in [6, 6.07) is 0.493. The smallest absolute Gasteiger partial charge is 0.226 e. The van der Waals surface area contributed by atoms with E-state index in [1.54, 1.807) is 0 Å². The Kier molecular flexibility index (Phi) is 4.11. The highest BCUT2D eigenvalue weighted by Crippen LogP contribution is 2.56. The Morgan fingerprint density at radius 2 is 1.53 bits per heavy atom. The summed E-state index contributed by atoms with van der Waals surface area (Å²) in [6.45, 7) is 1.39. The van der Waals surface area contributed by atoms with Crippen LogP contribution in [0.1, 0.15) is 57.8 Å². The Morgan fingerprint density at radius 3 is 2.11 bits per heavy atom. The van der Waals surface area contributed by atoms with Crippen molar-refractivity contribution < 1.29 is 4.79 Å². The second-order valence-corrected chi connectivity index (χ2v) is 6.75. The van der Waals surface area contributed by atoms with Gasteiger partial charge in [0.15, 0.2) is 0 Å². The van der Waals surface area contributed by atoms with Gasteiger partial charge in [-0.25, -0.2) is 0 Å². The second-order valence-electron chi connectivity index (χ2n) is 6.75. The van der Waals surface area contributed by atoms with Crippen LogP contribution in [0, 0.1) is 17.8 Å². The highest BCUT2D eigenvalue weighted by Gasteiger charge is 2.56. The van der Waals surface area contributed by atoms with E-state index in [4.69, 9.17) is 5.73 Å². The molecule has 0 radical (unpaired) electrons. The number of carbonyl (C=O) groups excluding carboxylic acids is 1. The van der Waals surface area contributed by atoms with Crippen molar-refractivity contribution >= 4 is 5.91 Å². The van der Waals surface area contributed by atoms with Crippen LogP contribution in [0.5, 0.6) is 0 Å². The van der Waals surface area contributed by atoms with Crippen molar-refractivity contribution in [2.75, 3.05) is 13.1 Å². The van der Waals surface area contributed by atoms with Crippen LogP contribution in [0.25, 0.3) is 0 Å². The average molecular weight is 264 g/mol. The monoisotopic (exact) mass is 264 g/mol. The summed E-state index contributed by atoms with van der Waals surface area (Å²) < 4.78 is 0. The van der Waals surface area contributed by atoms with Crippen molar-refractivity contribution in [3.05, 3.63) is 0 Å². The van der Waals surface area contributed by atoms with Crippen LogP contribution in [0.15, 0.2) is 0 Å². The van der Waals surface area contributed by atoms with E-state index >= 15 is 0 Å². The minimum absolute atomic E-state index is 0.371. The Hall–Kier alpha value is -0.570. The molecular weight excluding hydrogens is 236 g/mol. The van der Waals surface area contributed by atoms with E-state index in [0.29, 0.717) is 24.4 Å². The van der Waals surface area contributed by atoms with Gasteiger partial charge in [0.25, 0.3) is 0 Å². The minimum Gasteiger partial charge on any atom is -0.338 e.